The molecule has 0 bridgehead atoms. The third kappa shape index (κ3) is 5.70. The zero-order valence-electron chi connectivity index (χ0n) is 33.8. The summed E-state index contributed by atoms with van der Waals surface area (Å²) < 4.78 is 14.0. The van der Waals surface area contributed by atoms with Crippen molar-refractivity contribution in [1.82, 2.24) is 5.32 Å². The van der Waals surface area contributed by atoms with E-state index in [2.05, 4.69) is 65.6 Å². The lowest BCUT2D eigenvalue weighted by molar-refractivity contribution is -0.221. The van der Waals surface area contributed by atoms with Crippen molar-refractivity contribution in [2.24, 2.45) is 56.7 Å². The Kier molecular flexibility index (Phi) is 9.52. The number of rotatable bonds is 8. The van der Waals surface area contributed by atoms with Gasteiger partial charge in [0.15, 0.2) is 0 Å². The third-order valence-corrected chi connectivity index (χ3v) is 18.6. The van der Waals surface area contributed by atoms with Crippen molar-refractivity contribution in [2.45, 2.75) is 174 Å². The molecule has 5 fully saturated rings. The molecule has 10 atom stereocenters. The maximum absolute atomic E-state index is 14.0. The van der Waals surface area contributed by atoms with Gasteiger partial charge in [-0.15, -0.1) is 0 Å². The molecule has 0 saturated heterocycles. The maximum Gasteiger partial charge on any atom is 0.312 e. The van der Waals surface area contributed by atoms with E-state index in [1.54, 1.807) is 0 Å². The van der Waals surface area contributed by atoms with Crippen LogP contribution in [0.1, 0.15) is 158 Å². The fourth-order valence-corrected chi connectivity index (χ4v) is 15.2. The van der Waals surface area contributed by atoms with Crippen LogP contribution in [0.4, 0.5) is 4.39 Å². The first-order chi connectivity index (χ1) is 24.2. The van der Waals surface area contributed by atoms with Crippen LogP contribution in [0.25, 0.3) is 0 Å². The molecule has 0 aliphatic heterocycles. The van der Waals surface area contributed by atoms with E-state index < -0.39 is 29.3 Å². The van der Waals surface area contributed by atoms with Gasteiger partial charge in [0.1, 0.15) is 6.67 Å². The summed E-state index contributed by atoms with van der Waals surface area (Å²) in [5, 5.41) is 36.0. The van der Waals surface area contributed by atoms with Crippen LogP contribution in [0.3, 0.4) is 0 Å². The number of carboxylic acids is 1. The Bertz CT molecular complexity index is 1500. The molecule has 4 N–H and O–H groups in total. The number of allylic oxidation sites excluding steroid dienone is 5. The molecule has 0 aromatic rings. The van der Waals surface area contributed by atoms with Crippen molar-refractivity contribution in [3.63, 3.8) is 0 Å². The van der Waals surface area contributed by atoms with E-state index in [9.17, 15) is 24.5 Å². The van der Waals surface area contributed by atoms with Crippen LogP contribution in [-0.2, 0) is 4.79 Å². The summed E-state index contributed by atoms with van der Waals surface area (Å²) in [4.78, 5) is 12.0. The fraction of sp³-hybridized carbons (Fsp3) is 0.848. The van der Waals surface area contributed by atoms with E-state index in [4.69, 9.17) is 0 Å². The molecule has 0 radical (unpaired) electrons. The van der Waals surface area contributed by atoms with E-state index in [1.165, 1.54) is 68.1 Å². The average Bonchev–Trinajstić information content (AvgIpc) is 3.46. The van der Waals surface area contributed by atoms with Crippen molar-refractivity contribution in [2.75, 3.05) is 13.2 Å². The standard InChI is InChI=1S/C46H72FNO4/c1-30(2)32-13-20-46(48-28-27-45(52)24-21-40(5,51)22-25-45)26-23-42(7)34(37(32)46)9-10-36-41(6)16-14-33(39(3,4)35(41)15-17-43(36,42)8)31-11-18-44(29-47,19-12-31)38(49)50/h11,14,32,34-37,48,51-52H,1,9-10,12-13,15-29H2,2-8H3,(H,49,50)/t32-,34+,35-,36+,37+,40?,41-,42+,43+,44?,45?,46-/m0/s1. The molecule has 52 heavy (non-hydrogen) atoms. The fourth-order valence-electron chi connectivity index (χ4n) is 15.2. The van der Waals surface area contributed by atoms with E-state index in [1.807, 2.05) is 6.92 Å². The van der Waals surface area contributed by atoms with Gasteiger partial charge in [0.2, 0.25) is 0 Å². The van der Waals surface area contributed by atoms with Crippen LogP contribution in [0, 0.1) is 56.7 Å². The lowest BCUT2D eigenvalue weighted by Gasteiger charge is -2.72. The molecule has 6 heteroatoms. The number of fused-ring (bicyclic) bond motifs is 7. The van der Waals surface area contributed by atoms with Gasteiger partial charge in [0.05, 0.1) is 16.6 Å². The number of halogens is 1. The van der Waals surface area contributed by atoms with E-state index in [0.717, 1.165) is 19.4 Å². The molecule has 0 aromatic heterocycles. The van der Waals surface area contributed by atoms with E-state index in [0.29, 0.717) is 68.1 Å². The Labute approximate surface area is 314 Å². The second-order valence-corrected chi connectivity index (χ2v) is 21.4. The molecular formula is C46H72FNO4. The first kappa shape index (κ1) is 38.8. The van der Waals surface area contributed by atoms with Crippen molar-refractivity contribution in [1.29, 1.82) is 0 Å². The van der Waals surface area contributed by atoms with Crippen molar-refractivity contribution in [3.8, 4) is 0 Å². The van der Waals surface area contributed by atoms with Gasteiger partial charge in [-0.25, -0.2) is 4.39 Å². The molecule has 0 amide bonds. The summed E-state index contributed by atoms with van der Waals surface area (Å²) in [6.07, 6.45) is 20.4. The minimum absolute atomic E-state index is 0.0167. The summed E-state index contributed by atoms with van der Waals surface area (Å²) in [6.45, 7) is 21.8. The van der Waals surface area contributed by atoms with Crippen LogP contribution < -0.4 is 5.32 Å². The quantitative estimate of drug-likeness (QED) is 0.187. The summed E-state index contributed by atoms with van der Waals surface area (Å²) in [5.41, 5.74) is 2.23. The molecule has 1 unspecified atom stereocenters. The molecule has 0 heterocycles. The average molecular weight is 722 g/mol. The first-order valence-electron chi connectivity index (χ1n) is 21.3. The lowest BCUT2D eigenvalue weighted by Crippen LogP contribution is -2.68. The Morgan fingerprint density at radius 2 is 1.56 bits per heavy atom. The summed E-state index contributed by atoms with van der Waals surface area (Å²) in [6, 6.07) is 0. The van der Waals surface area contributed by atoms with Gasteiger partial charge < -0.3 is 20.6 Å². The Hall–Kier alpha value is -1.50. The van der Waals surface area contributed by atoms with Gasteiger partial charge >= 0.3 is 5.97 Å². The van der Waals surface area contributed by atoms with Crippen LogP contribution in [-0.4, -0.2) is 51.2 Å². The Morgan fingerprint density at radius 3 is 2.17 bits per heavy atom. The predicted molar refractivity (Wildman–Crippen MR) is 207 cm³/mol. The van der Waals surface area contributed by atoms with Gasteiger partial charge in [-0.2, -0.15) is 0 Å². The zero-order chi connectivity index (χ0) is 37.8. The van der Waals surface area contributed by atoms with Crippen molar-refractivity contribution < 1.29 is 24.5 Å². The van der Waals surface area contributed by atoms with Gasteiger partial charge in [0, 0.05) is 5.54 Å². The number of nitrogens with one attached hydrogen (secondary N) is 1. The highest BCUT2D eigenvalue weighted by atomic mass is 19.1. The number of aliphatic carboxylic acids is 1. The number of carboxylic acid groups (broad SMARTS) is 1. The summed E-state index contributed by atoms with van der Waals surface area (Å²) in [5.74, 6) is 1.96. The second kappa shape index (κ2) is 12.8. The molecular weight excluding hydrogens is 650 g/mol. The summed E-state index contributed by atoms with van der Waals surface area (Å²) >= 11 is 0. The maximum atomic E-state index is 14.0. The number of carbonyl (C=O) groups is 1. The molecule has 7 aliphatic carbocycles. The minimum atomic E-state index is -1.26. The van der Waals surface area contributed by atoms with Gasteiger partial charge in [0.25, 0.3) is 0 Å². The van der Waals surface area contributed by atoms with Gasteiger partial charge in [-0.05, 0) is 192 Å². The van der Waals surface area contributed by atoms with Crippen LogP contribution in [0.15, 0.2) is 35.5 Å². The van der Waals surface area contributed by atoms with Gasteiger partial charge in [-0.1, -0.05) is 58.9 Å². The normalized spacial score (nSPS) is 49.8. The Balaban J connectivity index is 1.13. The largest absolute Gasteiger partial charge is 0.481 e. The number of aliphatic hydroxyl groups is 2. The molecule has 0 spiro atoms. The SMILES string of the molecule is C=C(C)[C@@H]1CC[C@]2(NCCC3(O)CCC(C)(O)CC3)CC[C@]3(C)[C@H](CC[C@@H]4[C@@]5(C)CC=C(C6=CCC(CF)(C(=O)O)CC6)C(C)(C)[C@@H]5CC[C@]43C)[C@@H]12. The first-order valence-corrected chi connectivity index (χ1v) is 21.3. The second-order valence-electron chi connectivity index (χ2n) is 21.4. The lowest BCUT2D eigenvalue weighted by atomic mass is 9.33. The molecule has 7 rings (SSSR count). The van der Waals surface area contributed by atoms with E-state index >= 15 is 0 Å². The monoisotopic (exact) mass is 722 g/mol. The minimum Gasteiger partial charge on any atom is -0.481 e. The topological polar surface area (TPSA) is 89.8 Å². The predicted octanol–water partition coefficient (Wildman–Crippen LogP) is 10.1. The highest BCUT2D eigenvalue weighted by Gasteiger charge is 2.70. The number of hydrogen-bond donors (Lipinski definition) is 4. The molecule has 292 valence electrons. The van der Waals surface area contributed by atoms with Crippen LogP contribution in [0.5, 0.6) is 0 Å². The van der Waals surface area contributed by atoms with Gasteiger partial charge in [-0.3, -0.25) is 4.79 Å². The summed E-state index contributed by atoms with van der Waals surface area (Å²) in [7, 11) is 0. The third-order valence-electron chi connectivity index (χ3n) is 18.6. The van der Waals surface area contributed by atoms with Crippen LogP contribution in [0.2, 0.25) is 0 Å². The highest BCUT2D eigenvalue weighted by Crippen LogP contribution is 2.76. The van der Waals surface area contributed by atoms with Crippen LogP contribution >= 0.6 is 0 Å². The smallest absolute Gasteiger partial charge is 0.312 e. The van der Waals surface area contributed by atoms with E-state index in [-0.39, 0.29) is 33.6 Å². The van der Waals surface area contributed by atoms with Crippen molar-refractivity contribution in [3.05, 3.63) is 35.5 Å². The highest BCUT2D eigenvalue weighted by molar-refractivity contribution is 5.75. The molecule has 7 aliphatic rings. The molecule has 0 aromatic carbocycles. The molecule has 5 saturated carbocycles. The Morgan fingerprint density at radius 1 is 0.846 bits per heavy atom. The zero-order valence-corrected chi connectivity index (χ0v) is 33.8. The molecule has 5 nitrogen and oxygen atoms in total. The number of alkyl halides is 1. The van der Waals surface area contributed by atoms with Crippen molar-refractivity contribution >= 4 is 5.97 Å². The number of hydrogen-bond acceptors (Lipinski definition) is 4.